The fourth-order valence-corrected chi connectivity index (χ4v) is 5.78. The lowest BCUT2D eigenvalue weighted by atomic mass is 10.1. The van der Waals surface area contributed by atoms with E-state index in [-0.39, 0.29) is 10.7 Å². The predicted molar refractivity (Wildman–Crippen MR) is 137 cm³/mol. The molecule has 34 heavy (non-hydrogen) atoms. The zero-order chi connectivity index (χ0) is 24.0. The van der Waals surface area contributed by atoms with E-state index in [1.165, 1.54) is 4.31 Å². The van der Waals surface area contributed by atoms with Crippen molar-refractivity contribution in [2.24, 2.45) is 0 Å². The minimum atomic E-state index is -3.64. The van der Waals surface area contributed by atoms with Crippen molar-refractivity contribution in [1.29, 1.82) is 0 Å². The lowest BCUT2D eigenvalue weighted by molar-refractivity contribution is 0.104. The Hall–Kier alpha value is -3.49. The van der Waals surface area contributed by atoms with Crippen LogP contribution >= 0.6 is 15.9 Å². The molecule has 170 valence electrons. The molecular weight excluding hydrogens is 514 g/mol. The molecule has 0 saturated heterocycles. The van der Waals surface area contributed by atoms with Crippen molar-refractivity contribution >= 4 is 43.5 Å². The van der Waals surface area contributed by atoms with Crippen LogP contribution in [0.15, 0.2) is 88.2 Å². The number of nitrogens with zero attached hydrogens (tertiary/aromatic N) is 3. The SMILES string of the molecule is Cc1c2c(nn1-c1ccc(/C=C/C(=O)c3ccc(Br)cc3)cc1)-c1ccccc1S(=O)(=O)N2C. The summed E-state index contributed by atoms with van der Waals surface area (Å²) in [5, 5.41) is 4.76. The largest absolute Gasteiger partial charge is 0.289 e. The highest BCUT2D eigenvalue weighted by atomic mass is 79.9. The van der Waals surface area contributed by atoms with Gasteiger partial charge in [0.25, 0.3) is 10.0 Å². The highest BCUT2D eigenvalue weighted by molar-refractivity contribution is 9.10. The van der Waals surface area contributed by atoms with Gasteiger partial charge in [0.15, 0.2) is 5.78 Å². The number of carbonyl (C=O) groups excluding carboxylic acids is 1. The molecule has 0 unspecified atom stereocenters. The quantitative estimate of drug-likeness (QED) is 0.251. The van der Waals surface area contributed by atoms with Crippen LogP contribution in [0.1, 0.15) is 21.6 Å². The smallest absolute Gasteiger partial charge is 0.264 e. The third-order valence-corrected chi connectivity index (χ3v) is 8.22. The van der Waals surface area contributed by atoms with Crippen LogP contribution in [0.3, 0.4) is 0 Å². The standard InChI is InChI=1S/C26H20BrN3O3S/c1-17-26-25(22-5-3-4-6-24(22)34(32,33)29(26)2)28-30(17)21-14-7-18(8-15-21)9-16-23(31)19-10-12-20(27)13-11-19/h3-16H,1-2H3/b16-9+. The Balaban J connectivity index is 1.47. The molecule has 1 aromatic heterocycles. The molecule has 0 amide bonds. The number of carbonyl (C=O) groups is 1. The van der Waals surface area contributed by atoms with E-state index in [1.54, 1.807) is 54.2 Å². The van der Waals surface area contributed by atoms with Crippen molar-refractivity contribution in [2.45, 2.75) is 11.8 Å². The van der Waals surface area contributed by atoms with E-state index in [0.717, 1.165) is 21.4 Å². The molecule has 4 aromatic rings. The van der Waals surface area contributed by atoms with Crippen molar-refractivity contribution in [3.63, 3.8) is 0 Å². The first kappa shape index (κ1) is 22.3. The number of hydrogen-bond acceptors (Lipinski definition) is 4. The molecule has 1 aliphatic rings. The van der Waals surface area contributed by atoms with Gasteiger partial charge >= 0.3 is 0 Å². The number of anilines is 1. The zero-order valence-electron chi connectivity index (χ0n) is 18.4. The lowest BCUT2D eigenvalue weighted by Gasteiger charge is -2.26. The Kier molecular flexibility index (Phi) is 5.50. The van der Waals surface area contributed by atoms with Crippen LogP contribution in [-0.2, 0) is 10.0 Å². The molecule has 0 saturated carbocycles. The second kappa shape index (κ2) is 8.38. The van der Waals surface area contributed by atoms with Gasteiger partial charge in [-0.1, -0.05) is 52.3 Å². The van der Waals surface area contributed by atoms with Gasteiger partial charge in [0.2, 0.25) is 0 Å². The summed E-state index contributed by atoms with van der Waals surface area (Å²) < 4.78 is 30.0. The second-order valence-corrected chi connectivity index (χ2v) is 10.8. The summed E-state index contributed by atoms with van der Waals surface area (Å²) in [6.45, 7) is 1.86. The van der Waals surface area contributed by atoms with E-state index in [4.69, 9.17) is 5.10 Å². The third kappa shape index (κ3) is 3.69. The van der Waals surface area contributed by atoms with Crippen LogP contribution in [0.4, 0.5) is 5.69 Å². The summed E-state index contributed by atoms with van der Waals surface area (Å²) >= 11 is 3.37. The van der Waals surface area contributed by atoms with Gasteiger partial charge in [-0.3, -0.25) is 9.10 Å². The van der Waals surface area contributed by atoms with Gasteiger partial charge in [0.05, 0.1) is 16.3 Å². The maximum atomic E-state index is 13.0. The van der Waals surface area contributed by atoms with Crippen molar-refractivity contribution < 1.29 is 13.2 Å². The van der Waals surface area contributed by atoms with Crippen LogP contribution in [0, 0.1) is 6.92 Å². The number of allylic oxidation sites excluding steroid dienone is 1. The lowest BCUT2D eigenvalue weighted by Crippen LogP contribution is -2.30. The first-order chi connectivity index (χ1) is 16.3. The summed E-state index contributed by atoms with van der Waals surface area (Å²) in [5.74, 6) is -0.0740. The third-order valence-electron chi connectivity index (χ3n) is 5.87. The topological polar surface area (TPSA) is 72.3 Å². The molecule has 0 bridgehead atoms. The monoisotopic (exact) mass is 533 g/mol. The summed E-state index contributed by atoms with van der Waals surface area (Å²) in [7, 11) is -2.08. The molecule has 0 spiro atoms. The second-order valence-electron chi connectivity index (χ2n) is 7.96. The minimum Gasteiger partial charge on any atom is -0.289 e. The summed E-state index contributed by atoms with van der Waals surface area (Å²) in [5.41, 5.74) is 4.82. The molecule has 0 N–H and O–H groups in total. The van der Waals surface area contributed by atoms with Crippen LogP contribution in [0.25, 0.3) is 23.0 Å². The maximum Gasteiger partial charge on any atom is 0.264 e. The summed E-state index contributed by atoms with van der Waals surface area (Å²) in [6, 6.07) is 21.7. The normalized spacial score (nSPS) is 14.1. The van der Waals surface area contributed by atoms with Crippen molar-refractivity contribution in [3.8, 4) is 16.9 Å². The van der Waals surface area contributed by atoms with Gasteiger partial charge in [-0.05, 0) is 61.0 Å². The van der Waals surface area contributed by atoms with E-state index >= 15 is 0 Å². The van der Waals surface area contributed by atoms with Crippen LogP contribution in [0.2, 0.25) is 0 Å². The number of aromatic nitrogens is 2. The number of hydrogen-bond donors (Lipinski definition) is 0. The molecule has 0 atom stereocenters. The molecule has 2 heterocycles. The molecule has 0 aliphatic carbocycles. The zero-order valence-corrected chi connectivity index (χ0v) is 20.8. The van der Waals surface area contributed by atoms with Crippen LogP contribution in [-0.4, -0.2) is 31.0 Å². The van der Waals surface area contributed by atoms with E-state index < -0.39 is 10.0 Å². The first-order valence-electron chi connectivity index (χ1n) is 10.5. The maximum absolute atomic E-state index is 13.0. The number of fused-ring (bicyclic) bond motifs is 3. The molecule has 8 heteroatoms. The molecule has 5 rings (SSSR count). The fraction of sp³-hybridized carbons (Fsp3) is 0.0769. The Bertz CT molecular complexity index is 1550. The van der Waals surface area contributed by atoms with Gasteiger partial charge in [0, 0.05) is 22.6 Å². The van der Waals surface area contributed by atoms with E-state index in [0.29, 0.717) is 22.5 Å². The molecular formula is C26H20BrN3O3S. The highest BCUT2D eigenvalue weighted by Crippen LogP contribution is 2.43. The van der Waals surface area contributed by atoms with Gasteiger partial charge in [-0.25, -0.2) is 13.1 Å². The molecule has 0 fully saturated rings. The Morgan fingerprint density at radius 2 is 1.65 bits per heavy atom. The van der Waals surface area contributed by atoms with Gasteiger partial charge in [-0.15, -0.1) is 0 Å². The predicted octanol–water partition coefficient (Wildman–Crippen LogP) is 5.64. The van der Waals surface area contributed by atoms with Crippen molar-refractivity contribution in [2.75, 3.05) is 11.4 Å². The number of halogens is 1. The minimum absolute atomic E-state index is 0.0740. The molecule has 6 nitrogen and oxygen atoms in total. The fourth-order valence-electron chi connectivity index (χ4n) is 4.07. The molecule has 1 aliphatic heterocycles. The van der Waals surface area contributed by atoms with E-state index in [9.17, 15) is 13.2 Å². The van der Waals surface area contributed by atoms with Crippen LogP contribution in [0.5, 0.6) is 0 Å². The van der Waals surface area contributed by atoms with Crippen molar-refractivity contribution in [3.05, 3.63) is 100 Å². The van der Waals surface area contributed by atoms with Gasteiger partial charge < -0.3 is 0 Å². The average Bonchev–Trinajstić information content (AvgIpc) is 3.19. The Morgan fingerprint density at radius 1 is 0.971 bits per heavy atom. The van der Waals surface area contributed by atoms with E-state index in [1.807, 2.05) is 49.4 Å². The summed E-state index contributed by atoms with van der Waals surface area (Å²) in [6.07, 6.45) is 3.32. The molecule has 0 radical (unpaired) electrons. The highest BCUT2D eigenvalue weighted by Gasteiger charge is 2.36. The first-order valence-corrected chi connectivity index (χ1v) is 12.8. The Labute approximate surface area is 206 Å². The number of rotatable bonds is 4. The Morgan fingerprint density at radius 3 is 2.35 bits per heavy atom. The number of ketones is 1. The van der Waals surface area contributed by atoms with Crippen molar-refractivity contribution in [1.82, 2.24) is 9.78 Å². The number of sulfonamides is 1. The number of benzene rings is 3. The average molecular weight is 534 g/mol. The van der Waals surface area contributed by atoms with Crippen LogP contribution < -0.4 is 4.31 Å². The van der Waals surface area contributed by atoms with Gasteiger partial charge in [0.1, 0.15) is 11.4 Å². The summed E-state index contributed by atoms with van der Waals surface area (Å²) in [4.78, 5) is 12.6. The van der Waals surface area contributed by atoms with Gasteiger partial charge in [-0.2, -0.15) is 5.10 Å². The van der Waals surface area contributed by atoms with E-state index in [2.05, 4.69) is 15.9 Å². The molecule has 3 aromatic carbocycles.